The summed E-state index contributed by atoms with van der Waals surface area (Å²) in [7, 11) is 0. The lowest BCUT2D eigenvalue weighted by Gasteiger charge is -2.09. The van der Waals surface area contributed by atoms with E-state index in [0.29, 0.717) is 13.0 Å². The predicted molar refractivity (Wildman–Crippen MR) is 62.8 cm³/mol. The highest BCUT2D eigenvalue weighted by molar-refractivity contribution is 5.92. The van der Waals surface area contributed by atoms with E-state index in [1.165, 1.54) is 0 Å². The third-order valence-corrected chi connectivity index (χ3v) is 2.42. The fourth-order valence-corrected chi connectivity index (χ4v) is 1.63. The van der Waals surface area contributed by atoms with Gasteiger partial charge in [-0.1, -0.05) is 24.3 Å². The number of ether oxygens (including phenoxy) is 1. The van der Waals surface area contributed by atoms with Gasteiger partial charge in [-0.3, -0.25) is 0 Å². The summed E-state index contributed by atoms with van der Waals surface area (Å²) >= 11 is 0. The van der Waals surface area contributed by atoms with E-state index < -0.39 is 0 Å². The summed E-state index contributed by atoms with van der Waals surface area (Å²) in [5.41, 5.74) is 0. The highest BCUT2D eigenvalue weighted by Crippen LogP contribution is 2.32. The first kappa shape index (κ1) is 10.8. The topological polar surface area (TPSA) is 49.7 Å². The molecule has 0 amide bonds. The number of hydrogen-bond donors (Lipinski definition) is 2. The number of aliphatic hydroxyl groups is 1. The van der Waals surface area contributed by atoms with Gasteiger partial charge in [-0.2, -0.15) is 0 Å². The number of phenols is 1. The summed E-state index contributed by atoms with van der Waals surface area (Å²) < 4.78 is 5.54. The zero-order valence-electron chi connectivity index (χ0n) is 8.89. The molecule has 0 spiro atoms. The minimum absolute atomic E-state index is 0.121. The smallest absolute Gasteiger partial charge is 0.127 e. The van der Waals surface area contributed by atoms with Crippen LogP contribution < -0.4 is 4.74 Å². The zero-order chi connectivity index (χ0) is 11.4. The Hall–Kier alpha value is -1.74. The van der Waals surface area contributed by atoms with Gasteiger partial charge in [-0.05, 0) is 12.1 Å². The van der Waals surface area contributed by atoms with Crippen LogP contribution in [0.4, 0.5) is 0 Å². The number of aliphatic hydroxyl groups excluding tert-OH is 1. The molecular formula is C13H14O3. The lowest BCUT2D eigenvalue weighted by atomic mass is 10.1. The average molecular weight is 218 g/mol. The molecule has 0 radical (unpaired) electrons. The van der Waals surface area contributed by atoms with E-state index in [0.717, 1.165) is 16.5 Å². The van der Waals surface area contributed by atoms with E-state index in [1.807, 2.05) is 24.3 Å². The maximum atomic E-state index is 9.67. The van der Waals surface area contributed by atoms with Crippen LogP contribution in [0, 0.1) is 0 Å². The second-order valence-corrected chi connectivity index (χ2v) is 3.55. The third-order valence-electron chi connectivity index (χ3n) is 2.42. The monoisotopic (exact) mass is 218 g/mol. The van der Waals surface area contributed by atoms with Gasteiger partial charge in [0.2, 0.25) is 0 Å². The third kappa shape index (κ3) is 2.09. The van der Waals surface area contributed by atoms with Gasteiger partial charge in [0.15, 0.2) is 0 Å². The van der Waals surface area contributed by atoms with E-state index >= 15 is 0 Å². The normalized spacial score (nSPS) is 10.6. The first-order valence-corrected chi connectivity index (χ1v) is 5.27. The van der Waals surface area contributed by atoms with Crippen molar-refractivity contribution in [1.82, 2.24) is 0 Å². The lowest BCUT2D eigenvalue weighted by Crippen LogP contribution is -1.99. The Morgan fingerprint density at radius 1 is 1.00 bits per heavy atom. The van der Waals surface area contributed by atoms with Crippen LogP contribution in [0.25, 0.3) is 10.8 Å². The Balaban J connectivity index is 2.35. The number of aromatic hydroxyl groups is 1. The van der Waals surface area contributed by atoms with Crippen molar-refractivity contribution in [3.05, 3.63) is 36.4 Å². The van der Waals surface area contributed by atoms with E-state index in [2.05, 4.69) is 0 Å². The Labute approximate surface area is 93.9 Å². The van der Waals surface area contributed by atoms with Crippen LogP contribution in [0.2, 0.25) is 0 Å². The largest absolute Gasteiger partial charge is 0.507 e. The number of rotatable bonds is 4. The molecule has 3 heteroatoms. The first-order chi connectivity index (χ1) is 7.83. The molecule has 0 fully saturated rings. The summed E-state index contributed by atoms with van der Waals surface area (Å²) in [5, 5.41) is 20.0. The molecule has 2 aromatic rings. The maximum absolute atomic E-state index is 9.67. The van der Waals surface area contributed by atoms with Crippen molar-refractivity contribution in [1.29, 1.82) is 0 Å². The molecule has 0 atom stereocenters. The minimum atomic E-state index is 0.121. The number of benzene rings is 2. The van der Waals surface area contributed by atoms with Crippen molar-refractivity contribution in [2.45, 2.75) is 6.42 Å². The fraction of sp³-hybridized carbons (Fsp3) is 0.231. The van der Waals surface area contributed by atoms with E-state index in [4.69, 9.17) is 9.84 Å². The van der Waals surface area contributed by atoms with Crippen molar-refractivity contribution < 1.29 is 14.9 Å². The molecule has 0 aliphatic carbocycles. The highest BCUT2D eigenvalue weighted by Gasteiger charge is 2.04. The molecule has 2 rings (SSSR count). The molecule has 2 aromatic carbocycles. The molecule has 3 nitrogen and oxygen atoms in total. The number of phenolic OH excluding ortho intramolecular Hbond substituents is 1. The predicted octanol–water partition coefficient (Wildman–Crippen LogP) is 2.31. The minimum Gasteiger partial charge on any atom is -0.507 e. The quantitative estimate of drug-likeness (QED) is 0.774. The van der Waals surface area contributed by atoms with Crippen LogP contribution in [-0.2, 0) is 0 Å². The molecule has 2 N–H and O–H groups in total. The van der Waals surface area contributed by atoms with Gasteiger partial charge in [-0.15, -0.1) is 0 Å². The molecule has 0 saturated heterocycles. The summed E-state index contributed by atoms with van der Waals surface area (Å²) in [5.74, 6) is 0.993. The van der Waals surface area contributed by atoms with Crippen LogP contribution in [0.5, 0.6) is 11.5 Å². The molecule has 0 aliphatic heterocycles. The van der Waals surface area contributed by atoms with E-state index in [9.17, 15) is 5.11 Å². The SMILES string of the molecule is OCCCOc1ccc(O)c2ccccc12. The molecule has 0 aromatic heterocycles. The van der Waals surface area contributed by atoms with Crippen LogP contribution in [0.15, 0.2) is 36.4 Å². The van der Waals surface area contributed by atoms with Crippen molar-refractivity contribution in [3.8, 4) is 11.5 Å². The maximum Gasteiger partial charge on any atom is 0.127 e. The molecule has 0 heterocycles. The molecule has 0 unspecified atom stereocenters. The summed E-state index contributed by atoms with van der Waals surface area (Å²) in [4.78, 5) is 0. The standard InChI is InChI=1S/C13H14O3/c14-8-3-9-16-13-7-6-12(15)10-4-1-2-5-11(10)13/h1-2,4-7,14-15H,3,8-9H2. The van der Waals surface area contributed by atoms with Crippen LogP contribution in [-0.4, -0.2) is 23.4 Å². The summed E-state index contributed by atoms with van der Waals surface area (Å²) in [6, 6.07) is 10.9. The molecular weight excluding hydrogens is 204 g/mol. The average Bonchev–Trinajstić information content (AvgIpc) is 2.33. The summed E-state index contributed by atoms with van der Waals surface area (Å²) in [6.07, 6.45) is 0.606. The summed E-state index contributed by atoms with van der Waals surface area (Å²) in [6.45, 7) is 0.598. The van der Waals surface area contributed by atoms with Gasteiger partial charge in [0, 0.05) is 23.8 Å². The van der Waals surface area contributed by atoms with Gasteiger partial charge in [0.05, 0.1) is 6.61 Å². The first-order valence-electron chi connectivity index (χ1n) is 5.27. The van der Waals surface area contributed by atoms with Crippen molar-refractivity contribution in [2.24, 2.45) is 0 Å². The van der Waals surface area contributed by atoms with Crippen molar-refractivity contribution in [3.63, 3.8) is 0 Å². The Morgan fingerprint density at radius 3 is 2.50 bits per heavy atom. The van der Waals surface area contributed by atoms with Crippen molar-refractivity contribution >= 4 is 10.8 Å². The van der Waals surface area contributed by atoms with Gasteiger partial charge >= 0.3 is 0 Å². The van der Waals surface area contributed by atoms with Crippen molar-refractivity contribution in [2.75, 3.05) is 13.2 Å². The van der Waals surface area contributed by atoms with Crippen LogP contribution in [0.1, 0.15) is 6.42 Å². The number of hydrogen-bond acceptors (Lipinski definition) is 3. The van der Waals surface area contributed by atoms with Crippen LogP contribution in [0.3, 0.4) is 0 Å². The molecule has 84 valence electrons. The Bertz CT molecular complexity index is 480. The van der Waals surface area contributed by atoms with Gasteiger partial charge in [-0.25, -0.2) is 0 Å². The molecule has 0 aliphatic rings. The molecule has 0 bridgehead atoms. The van der Waals surface area contributed by atoms with E-state index in [-0.39, 0.29) is 12.4 Å². The van der Waals surface area contributed by atoms with E-state index in [1.54, 1.807) is 12.1 Å². The van der Waals surface area contributed by atoms with Gasteiger partial charge in [0.1, 0.15) is 11.5 Å². The zero-order valence-corrected chi connectivity index (χ0v) is 8.89. The fourth-order valence-electron chi connectivity index (χ4n) is 1.63. The van der Waals surface area contributed by atoms with Crippen LogP contribution >= 0.6 is 0 Å². The molecule has 0 saturated carbocycles. The van der Waals surface area contributed by atoms with Gasteiger partial charge < -0.3 is 14.9 Å². The Morgan fingerprint density at radius 2 is 1.75 bits per heavy atom. The Kier molecular flexibility index (Phi) is 3.27. The molecule has 16 heavy (non-hydrogen) atoms. The lowest BCUT2D eigenvalue weighted by molar-refractivity contribution is 0.235. The second kappa shape index (κ2) is 4.86. The highest BCUT2D eigenvalue weighted by atomic mass is 16.5. The number of fused-ring (bicyclic) bond motifs is 1. The second-order valence-electron chi connectivity index (χ2n) is 3.55. The van der Waals surface area contributed by atoms with Gasteiger partial charge in [0.25, 0.3) is 0 Å².